The SMILES string of the molecule is Cc1ccc(C)c(CC(=O)Nc2ccc(F)c(F)c2)c1. The molecule has 104 valence electrons. The lowest BCUT2D eigenvalue weighted by Crippen LogP contribution is -2.15. The molecule has 2 nitrogen and oxygen atoms in total. The molecule has 0 saturated heterocycles. The summed E-state index contributed by atoms with van der Waals surface area (Å²) in [5.41, 5.74) is 3.27. The fourth-order valence-electron chi connectivity index (χ4n) is 1.94. The fraction of sp³-hybridized carbons (Fsp3) is 0.188. The molecule has 0 aliphatic rings. The van der Waals surface area contributed by atoms with Crippen LogP contribution in [-0.4, -0.2) is 5.91 Å². The number of benzene rings is 2. The summed E-state index contributed by atoms with van der Waals surface area (Å²) in [6.07, 6.45) is 0.201. The van der Waals surface area contributed by atoms with E-state index in [0.29, 0.717) is 0 Å². The third kappa shape index (κ3) is 3.41. The Morgan fingerprint density at radius 2 is 1.80 bits per heavy atom. The summed E-state index contributed by atoms with van der Waals surface area (Å²) in [6, 6.07) is 9.17. The Morgan fingerprint density at radius 1 is 1.05 bits per heavy atom. The Balaban J connectivity index is 2.09. The second kappa shape index (κ2) is 5.82. The average molecular weight is 275 g/mol. The van der Waals surface area contributed by atoms with Gasteiger partial charge >= 0.3 is 0 Å². The number of carbonyl (C=O) groups is 1. The minimum Gasteiger partial charge on any atom is -0.326 e. The van der Waals surface area contributed by atoms with E-state index in [1.807, 2.05) is 32.0 Å². The summed E-state index contributed by atoms with van der Waals surface area (Å²) in [5.74, 6) is -2.17. The van der Waals surface area contributed by atoms with Gasteiger partial charge in [-0.1, -0.05) is 23.8 Å². The average Bonchev–Trinajstić information content (AvgIpc) is 2.38. The van der Waals surface area contributed by atoms with Crippen molar-refractivity contribution >= 4 is 11.6 Å². The summed E-state index contributed by atoms with van der Waals surface area (Å²) in [4.78, 5) is 11.9. The van der Waals surface area contributed by atoms with E-state index < -0.39 is 11.6 Å². The van der Waals surface area contributed by atoms with Crippen LogP contribution in [0.3, 0.4) is 0 Å². The first-order valence-electron chi connectivity index (χ1n) is 6.27. The highest BCUT2D eigenvalue weighted by Crippen LogP contribution is 2.15. The smallest absolute Gasteiger partial charge is 0.228 e. The Morgan fingerprint density at radius 3 is 2.50 bits per heavy atom. The molecule has 4 heteroatoms. The number of nitrogens with one attached hydrogen (secondary N) is 1. The van der Waals surface area contributed by atoms with E-state index in [-0.39, 0.29) is 18.0 Å². The highest BCUT2D eigenvalue weighted by molar-refractivity contribution is 5.92. The number of hydrogen-bond donors (Lipinski definition) is 1. The molecule has 2 aromatic carbocycles. The van der Waals surface area contributed by atoms with Crippen molar-refractivity contribution in [2.45, 2.75) is 20.3 Å². The standard InChI is InChI=1S/C16H15F2NO/c1-10-3-4-11(2)12(7-10)8-16(20)19-13-5-6-14(17)15(18)9-13/h3-7,9H,8H2,1-2H3,(H,19,20). The van der Waals surface area contributed by atoms with Gasteiger partial charge in [0.05, 0.1) is 6.42 Å². The number of amides is 1. The molecule has 0 aliphatic heterocycles. The molecule has 0 radical (unpaired) electrons. The van der Waals surface area contributed by atoms with Gasteiger partial charge in [0.25, 0.3) is 0 Å². The van der Waals surface area contributed by atoms with Crippen LogP contribution in [0.4, 0.5) is 14.5 Å². The lowest BCUT2D eigenvalue weighted by Gasteiger charge is -2.08. The molecule has 0 bridgehead atoms. The van der Waals surface area contributed by atoms with Crippen LogP contribution >= 0.6 is 0 Å². The van der Waals surface area contributed by atoms with E-state index in [9.17, 15) is 13.6 Å². The van der Waals surface area contributed by atoms with Crippen molar-refractivity contribution in [2.75, 3.05) is 5.32 Å². The van der Waals surface area contributed by atoms with E-state index in [1.165, 1.54) is 6.07 Å². The zero-order chi connectivity index (χ0) is 14.7. The van der Waals surface area contributed by atoms with Crippen LogP contribution < -0.4 is 5.32 Å². The van der Waals surface area contributed by atoms with Crippen molar-refractivity contribution in [3.8, 4) is 0 Å². The highest BCUT2D eigenvalue weighted by Gasteiger charge is 2.08. The quantitative estimate of drug-likeness (QED) is 0.907. The molecule has 0 aliphatic carbocycles. The van der Waals surface area contributed by atoms with Crippen molar-refractivity contribution in [1.29, 1.82) is 0 Å². The summed E-state index contributed by atoms with van der Waals surface area (Å²) in [6.45, 7) is 3.88. The number of hydrogen-bond acceptors (Lipinski definition) is 1. The summed E-state index contributed by atoms with van der Waals surface area (Å²) in [5, 5.41) is 2.56. The van der Waals surface area contributed by atoms with E-state index in [2.05, 4.69) is 5.32 Å². The monoisotopic (exact) mass is 275 g/mol. The zero-order valence-electron chi connectivity index (χ0n) is 11.3. The molecule has 0 saturated carbocycles. The second-order valence-electron chi connectivity index (χ2n) is 4.78. The van der Waals surface area contributed by atoms with Gasteiger partial charge in [0.1, 0.15) is 0 Å². The van der Waals surface area contributed by atoms with Crippen LogP contribution in [0.15, 0.2) is 36.4 Å². The summed E-state index contributed by atoms with van der Waals surface area (Å²) in [7, 11) is 0. The Bertz CT molecular complexity index is 653. The van der Waals surface area contributed by atoms with Gasteiger partial charge < -0.3 is 5.32 Å². The largest absolute Gasteiger partial charge is 0.326 e. The molecule has 0 unspecified atom stereocenters. The van der Waals surface area contributed by atoms with Crippen molar-refractivity contribution < 1.29 is 13.6 Å². The number of carbonyl (C=O) groups excluding carboxylic acids is 1. The first-order valence-corrected chi connectivity index (χ1v) is 6.27. The molecule has 1 N–H and O–H groups in total. The van der Waals surface area contributed by atoms with Crippen molar-refractivity contribution in [2.24, 2.45) is 0 Å². The summed E-state index contributed by atoms with van der Waals surface area (Å²) < 4.78 is 25.8. The minimum absolute atomic E-state index is 0.201. The Labute approximate surface area is 116 Å². The topological polar surface area (TPSA) is 29.1 Å². The van der Waals surface area contributed by atoms with Gasteiger partial charge in [-0.15, -0.1) is 0 Å². The van der Waals surface area contributed by atoms with Crippen LogP contribution in [-0.2, 0) is 11.2 Å². The Kier molecular flexibility index (Phi) is 4.13. The van der Waals surface area contributed by atoms with Gasteiger partial charge in [-0.3, -0.25) is 4.79 Å². The number of aryl methyl sites for hydroxylation is 2. The predicted molar refractivity (Wildman–Crippen MR) is 74.6 cm³/mol. The molecule has 2 aromatic rings. The molecule has 1 amide bonds. The third-order valence-electron chi connectivity index (χ3n) is 3.06. The van der Waals surface area contributed by atoms with E-state index in [4.69, 9.17) is 0 Å². The number of rotatable bonds is 3. The van der Waals surface area contributed by atoms with Gasteiger partial charge in [0, 0.05) is 11.8 Å². The molecule has 0 heterocycles. The molecular weight excluding hydrogens is 260 g/mol. The van der Waals surface area contributed by atoms with Crippen molar-refractivity contribution in [1.82, 2.24) is 0 Å². The first kappa shape index (κ1) is 14.2. The van der Waals surface area contributed by atoms with Crippen LogP contribution in [0.5, 0.6) is 0 Å². The van der Waals surface area contributed by atoms with Crippen molar-refractivity contribution in [3.63, 3.8) is 0 Å². The molecule has 0 aromatic heterocycles. The minimum atomic E-state index is -0.977. The van der Waals surface area contributed by atoms with Gasteiger partial charge in [-0.05, 0) is 37.1 Å². The number of anilines is 1. The van der Waals surface area contributed by atoms with Crippen LogP contribution in [0.25, 0.3) is 0 Å². The lowest BCUT2D eigenvalue weighted by atomic mass is 10.0. The molecule has 2 rings (SSSR count). The molecule has 0 spiro atoms. The third-order valence-corrected chi connectivity index (χ3v) is 3.06. The number of halogens is 2. The van der Waals surface area contributed by atoms with E-state index in [0.717, 1.165) is 28.8 Å². The van der Waals surface area contributed by atoms with E-state index in [1.54, 1.807) is 0 Å². The highest BCUT2D eigenvalue weighted by atomic mass is 19.2. The molecule has 20 heavy (non-hydrogen) atoms. The second-order valence-corrected chi connectivity index (χ2v) is 4.78. The zero-order valence-corrected chi connectivity index (χ0v) is 11.3. The van der Waals surface area contributed by atoms with E-state index >= 15 is 0 Å². The summed E-state index contributed by atoms with van der Waals surface area (Å²) >= 11 is 0. The Hall–Kier alpha value is -2.23. The van der Waals surface area contributed by atoms with Gasteiger partial charge in [-0.2, -0.15) is 0 Å². The fourth-order valence-corrected chi connectivity index (χ4v) is 1.94. The molecule has 0 fully saturated rings. The van der Waals surface area contributed by atoms with Crippen molar-refractivity contribution in [3.05, 3.63) is 64.7 Å². The van der Waals surface area contributed by atoms with Gasteiger partial charge in [0.2, 0.25) is 5.91 Å². The van der Waals surface area contributed by atoms with Crippen LogP contribution in [0.1, 0.15) is 16.7 Å². The lowest BCUT2D eigenvalue weighted by molar-refractivity contribution is -0.115. The normalized spacial score (nSPS) is 10.4. The van der Waals surface area contributed by atoms with Crippen LogP contribution in [0, 0.1) is 25.5 Å². The van der Waals surface area contributed by atoms with Gasteiger partial charge in [-0.25, -0.2) is 8.78 Å². The molecule has 0 atom stereocenters. The predicted octanol–water partition coefficient (Wildman–Crippen LogP) is 3.76. The maximum atomic E-state index is 13.0. The van der Waals surface area contributed by atoms with Gasteiger partial charge in [0.15, 0.2) is 11.6 Å². The maximum Gasteiger partial charge on any atom is 0.228 e. The first-order chi connectivity index (χ1) is 9.45. The maximum absolute atomic E-state index is 13.0. The van der Waals surface area contributed by atoms with Crippen LogP contribution in [0.2, 0.25) is 0 Å². The molecular formula is C16H15F2NO.